The van der Waals surface area contributed by atoms with E-state index in [4.69, 9.17) is 15.0 Å². The zero-order valence-electron chi connectivity index (χ0n) is 32.2. The van der Waals surface area contributed by atoms with Crippen LogP contribution in [0, 0.1) is 25.7 Å². The molecule has 53 heavy (non-hydrogen) atoms. The first-order valence-electron chi connectivity index (χ1n) is 20.4. The average Bonchev–Trinajstić information content (AvgIpc) is 4.08. The smallest absolute Gasteiger partial charge is 0.319 e. The maximum absolute atomic E-state index is 13.3. The van der Waals surface area contributed by atoms with Crippen molar-refractivity contribution < 1.29 is 4.79 Å². The van der Waals surface area contributed by atoms with Crippen molar-refractivity contribution in [3.63, 3.8) is 0 Å². The highest BCUT2D eigenvalue weighted by Crippen LogP contribution is 2.53. The van der Waals surface area contributed by atoms with E-state index in [0.717, 1.165) is 88.4 Å². The van der Waals surface area contributed by atoms with Gasteiger partial charge in [-0.05, 0) is 142 Å². The van der Waals surface area contributed by atoms with Gasteiger partial charge in [-0.2, -0.15) is 0 Å². The number of rotatable bonds is 10. The minimum atomic E-state index is -0.195. The van der Waals surface area contributed by atoms with Gasteiger partial charge in [0.1, 0.15) is 0 Å². The lowest BCUT2D eigenvalue weighted by Crippen LogP contribution is -2.31. The number of pyridine rings is 2. The number of fused-ring (bicyclic) bond motifs is 6. The maximum atomic E-state index is 13.3. The van der Waals surface area contributed by atoms with E-state index in [9.17, 15) is 4.79 Å². The van der Waals surface area contributed by atoms with Crippen LogP contribution in [0.3, 0.4) is 0 Å². The van der Waals surface area contributed by atoms with Crippen LogP contribution in [-0.4, -0.2) is 34.9 Å². The summed E-state index contributed by atoms with van der Waals surface area (Å²) in [5.41, 5.74) is 15.2. The van der Waals surface area contributed by atoms with E-state index in [1.807, 2.05) is 6.92 Å². The van der Waals surface area contributed by atoms with Crippen molar-refractivity contribution in [2.24, 2.45) is 16.8 Å². The minimum absolute atomic E-state index is 0.195. The van der Waals surface area contributed by atoms with Crippen molar-refractivity contribution in [3.05, 3.63) is 105 Å². The van der Waals surface area contributed by atoms with Gasteiger partial charge in [0, 0.05) is 71.8 Å². The number of carbonyl (C=O) groups excluding carboxylic acids is 1. The third kappa shape index (κ3) is 8.05. The van der Waals surface area contributed by atoms with Crippen molar-refractivity contribution in [1.82, 2.24) is 15.3 Å². The van der Waals surface area contributed by atoms with E-state index in [-0.39, 0.29) is 6.03 Å². The summed E-state index contributed by atoms with van der Waals surface area (Å²) in [6.45, 7) is 9.71. The van der Waals surface area contributed by atoms with Crippen LogP contribution < -0.4 is 16.0 Å². The summed E-state index contributed by atoms with van der Waals surface area (Å²) < 4.78 is 0. The van der Waals surface area contributed by atoms with Crippen LogP contribution in [0.1, 0.15) is 121 Å². The number of nitrogens with zero attached hydrogens (tertiary/aromatic N) is 3. The van der Waals surface area contributed by atoms with Gasteiger partial charge in [0.25, 0.3) is 0 Å². The highest BCUT2D eigenvalue weighted by Gasteiger charge is 2.42. The Bertz CT molecular complexity index is 2030. The third-order valence-corrected chi connectivity index (χ3v) is 12.4. The topological polar surface area (TPSA) is 91.3 Å². The lowest BCUT2D eigenvalue weighted by molar-refractivity contribution is 0.252. The van der Waals surface area contributed by atoms with Gasteiger partial charge in [0.2, 0.25) is 0 Å². The molecule has 4 unspecified atom stereocenters. The minimum Gasteiger partial charge on any atom is -0.344 e. The predicted molar refractivity (Wildman–Crippen MR) is 217 cm³/mol. The first kappa shape index (κ1) is 35.5. The number of carbonyl (C=O) groups is 1. The Labute approximate surface area is 315 Å². The summed E-state index contributed by atoms with van der Waals surface area (Å²) in [7, 11) is 0. The van der Waals surface area contributed by atoms with Gasteiger partial charge in [-0.25, -0.2) is 4.79 Å². The summed E-state index contributed by atoms with van der Waals surface area (Å²) in [6, 6.07) is 19.5. The van der Waals surface area contributed by atoms with E-state index in [1.54, 1.807) is 0 Å². The zero-order valence-corrected chi connectivity index (χ0v) is 32.2. The molecular formula is C46H56N6O. The molecule has 2 fully saturated rings. The van der Waals surface area contributed by atoms with Gasteiger partial charge in [0.15, 0.2) is 0 Å². The van der Waals surface area contributed by atoms with Crippen molar-refractivity contribution in [2.45, 2.75) is 117 Å². The van der Waals surface area contributed by atoms with Gasteiger partial charge in [-0.1, -0.05) is 49.7 Å². The number of amides is 2. The number of hydrogen-bond acceptors (Lipinski definition) is 4. The van der Waals surface area contributed by atoms with Crippen LogP contribution in [0.2, 0.25) is 0 Å². The molecule has 2 amide bonds. The van der Waals surface area contributed by atoms with Crippen LogP contribution in [0.5, 0.6) is 0 Å². The fourth-order valence-corrected chi connectivity index (χ4v) is 9.03. The van der Waals surface area contributed by atoms with Crippen LogP contribution in [0.25, 0.3) is 11.1 Å². The Morgan fingerprint density at radius 3 is 2.21 bits per heavy atom. The molecule has 0 aliphatic heterocycles. The predicted octanol–water partition coefficient (Wildman–Crippen LogP) is 10.0. The highest BCUT2D eigenvalue weighted by molar-refractivity contribution is 5.98. The standard InChI is InChI=1S/C46H56N6O/c1-5-31-14-20-39(42(25-31)52-46(53)48-24-22-37-18-16-33-11-8-12-35-27-41(35)45(33)51-37)38-19-13-28(2)43(29(38)3)49-30(4)47-23-21-36-17-15-32-9-6-7-10-34-26-40(34)44(32)50-36/h13-20,25,34-35,40-41H,5-12,21-24,26-27H2,1-4H3,(H,47,49)(H2,48,52,53). The van der Waals surface area contributed by atoms with Gasteiger partial charge in [-0.15, -0.1) is 0 Å². The van der Waals surface area contributed by atoms with E-state index in [0.29, 0.717) is 24.9 Å². The molecule has 4 aromatic rings. The molecule has 4 atom stereocenters. The van der Waals surface area contributed by atoms with E-state index in [1.165, 1.54) is 79.4 Å². The number of benzene rings is 2. The van der Waals surface area contributed by atoms with Crippen molar-refractivity contribution in [1.29, 1.82) is 0 Å². The van der Waals surface area contributed by atoms with Gasteiger partial charge < -0.3 is 16.0 Å². The summed E-state index contributed by atoms with van der Waals surface area (Å²) in [5.74, 6) is 3.94. The SMILES string of the molecule is CCc1ccc(-c2ccc(C)c(NC(C)=NCCc3ccc4c(n3)C3CC3CCCC4)c2C)c(NC(=O)NCCc2ccc3c(n2)C2CC2CCC3)c1. The molecule has 8 rings (SSSR count). The molecule has 0 spiro atoms. The molecule has 2 aromatic carbocycles. The molecule has 0 saturated heterocycles. The number of anilines is 2. The first-order chi connectivity index (χ1) is 25.8. The van der Waals surface area contributed by atoms with Crippen molar-refractivity contribution in [2.75, 3.05) is 23.7 Å². The molecule has 4 aliphatic carbocycles. The normalized spacial score (nSPS) is 21.5. The Morgan fingerprint density at radius 1 is 0.792 bits per heavy atom. The zero-order chi connectivity index (χ0) is 36.5. The lowest BCUT2D eigenvalue weighted by Gasteiger charge is -2.19. The molecule has 7 nitrogen and oxygen atoms in total. The van der Waals surface area contributed by atoms with Crippen molar-refractivity contribution >= 4 is 23.2 Å². The number of aromatic nitrogens is 2. The summed E-state index contributed by atoms with van der Waals surface area (Å²) in [4.78, 5) is 28.5. The summed E-state index contributed by atoms with van der Waals surface area (Å²) >= 11 is 0. The Balaban J connectivity index is 0.920. The van der Waals surface area contributed by atoms with E-state index < -0.39 is 0 Å². The average molecular weight is 709 g/mol. The van der Waals surface area contributed by atoms with Crippen LogP contribution in [-0.2, 0) is 32.1 Å². The Hall–Kier alpha value is -4.52. The monoisotopic (exact) mass is 708 g/mol. The fraction of sp³-hybridized carbons (Fsp3) is 0.478. The Morgan fingerprint density at radius 2 is 1.47 bits per heavy atom. The van der Waals surface area contributed by atoms with Gasteiger partial charge >= 0.3 is 6.03 Å². The summed E-state index contributed by atoms with van der Waals surface area (Å²) in [6.07, 6.45) is 14.0. The Kier molecular flexibility index (Phi) is 10.4. The number of aryl methyl sites for hydroxylation is 4. The second-order valence-corrected chi connectivity index (χ2v) is 16.2. The van der Waals surface area contributed by atoms with Crippen LogP contribution in [0.15, 0.2) is 59.6 Å². The number of hydrogen-bond donors (Lipinski definition) is 3. The molecule has 3 N–H and O–H groups in total. The number of urea groups is 1. The molecule has 2 aromatic heterocycles. The number of amidine groups is 1. The molecule has 4 aliphatic rings. The molecule has 276 valence electrons. The van der Waals surface area contributed by atoms with E-state index >= 15 is 0 Å². The number of aliphatic imine (C=N–C) groups is 1. The first-order valence-corrected chi connectivity index (χ1v) is 20.4. The molecule has 7 heteroatoms. The lowest BCUT2D eigenvalue weighted by atomic mass is 9.94. The largest absolute Gasteiger partial charge is 0.344 e. The highest BCUT2D eigenvalue weighted by atomic mass is 16.2. The van der Waals surface area contributed by atoms with Gasteiger partial charge in [0.05, 0.1) is 11.5 Å². The molecule has 2 heterocycles. The second-order valence-electron chi connectivity index (χ2n) is 16.2. The number of nitrogens with one attached hydrogen (secondary N) is 3. The maximum Gasteiger partial charge on any atom is 0.319 e. The molecule has 0 bridgehead atoms. The quantitative estimate of drug-likeness (QED) is 0.113. The van der Waals surface area contributed by atoms with Gasteiger partial charge in [-0.3, -0.25) is 15.0 Å². The molecule has 2 saturated carbocycles. The van der Waals surface area contributed by atoms with Crippen LogP contribution in [0.4, 0.5) is 16.2 Å². The summed E-state index contributed by atoms with van der Waals surface area (Å²) in [5, 5.41) is 9.93. The third-order valence-electron chi connectivity index (χ3n) is 12.4. The van der Waals surface area contributed by atoms with E-state index in [2.05, 4.69) is 91.3 Å². The second kappa shape index (κ2) is 15.5. The fourth-order valence-electron chi connectivity index (χ4n) is 9.03. The molecular weight excluding hydrogens is 653 g/mol. The molecule has 0 radical (unpaired) electrons. The van der Waals surface area contributed by atoms with Crippen molar-refractivity contribution in [3.8, 4) is 11.1 Å². The van der Waals surface area contributed by atoms with Crippen LogP contribution >= 0.6 is 0 Å².